The molecule has 2 aromatic carbocycles. The summed E-state index contributed by atoms with van der Waals surface area (Å²) in [5.74, 6) is -0.482. The van der Waals surface area contributed by atoms with E-state index in [1.165, 1.54) is 18.2 Å². The first kappa shape index (κ1) is 15.1. The molecule has 0 amide bonds. The number of nitriles is 1. The minimum Gasteiger partial charge on any atom is -0.504 e. The van der Waals surface area contributed by atoms with Crippen LogP contribution in [-0.4, -0.2) is 10.0 Å². The van der Waals surface area contributed by atoms with Crippen molar-refractivity contribution < 1.29 is 14.4 Å². The molecule has 0 atom stereocenters. The van der Waals surface area contributed by atoms with Crippen molar-refractivity contribution >= 4 is 11.6 Å². The van der Waals surface area contributed by atoms with Crippen LogP contribution in [0.5, 0.6) is 5.75 Å². The molecule has 0 fully saturated rings. The number of nitro groups is 1. The molecule has 3 aromatic rings. The third-order valence-corrected chi connectivity index (χ3v) is 3.54. The smallest absolute Gasteiger partial charge is 0.280 e. The third kappa shape index (κ3) is 2.42. The molecule has 7 nitrogen and oxygen atoms in total. The fourth-order valence-electron chi connectivity index (χ4n) is 2.47. The lowest BCUT2D eigenvalue weighted by molar-refractivity contribution is -0.384. The van der Waals surface area contributed by atoms with E-state index in [1.54, 1.807) is 30.3 Å². The van der Waals surface area contributed by atoms with E-state index >= 15 is 0 Å². The number of rotatable bonds is 3. The van der Waals surface area contributed by atoms with Crippen molar-refractivity contribution in [1.82, 2.24) is 0 Å². The highest BCUT2D eigenvalue weighted by atomic mass is 16.6. The van der Waals surface area contributed by atoms with Crippen LogP contribution in [0.1, 0.15) is 5.56 Å². The Morgan fingerprint density at radius 2 is 1.96 bits per heavy atom. The standard InChI is InChI=1S/C17H11N3O4/c18-9-10-4-3-5-11(8-10)14-15(21)16(24-17(14)19)12-6-1-2-7-13(12)20(22)23/h1-8,21H,19H2. The summed E-state index contributed by atoms with van der Waals surface area (Å²) in [6.07, 6.45) is 0. The number of furan rings is 1. The molecular formula is C17H11N3O4. The largest absolute Gasteiger partial charge is 0.504 e. The minimum absolute atomic E-state index is 0.0860. The third-order valence-electron chi connectivity index (χ3n) is 3.54. The summed E-state index contributed by atoms with van der Waals surface area (Å²) in [4.78, 5) is 10.6. The monoisotopic (exact) mass is 321 g/mol. The average molecular weight is 321 g/mol. The number of hydrogen-bond donors (Lipinski definition) is 2. The van der Waals surface area contributed by atoms with Crippen molar-refractivity contribution in [2.45, 2.75) is 0 Å². The summed E-state index contributed by atoms with van der Waals surface area (Å²) in [5, 5.41) is 30.7. The van der Waals surface area contributed by atoms with Crippen LogP contribution >= 0.6 is 0 Å². The fourth-order valence-corrected chi connectivity index (χ4v) is 2.47. The van der Waals surface area contributed by atoms with Gasteiger partial charge in [0.25, 0.3) is 5.69 Å². The molecule has 0 aliphatic carbocycles. The predicted octanol–water partition coefficient (Wildman–Crippen LogP) is 3.68. The van der Waals surface area contributed by atoms with Crippen LogP contribution in [0.15, 0.2) is 52.9 Å². The molecular weight excluding hydrogens is 310 g/mol. The van der Waals surface area contributed by atoms with Gasteiger partial charge in [-0.1, -0.05) is 24.3 Å². The zero-order chi connectivity index (χ0) is 17.3. The van der Waals surface area contributed by atoms with E-state index in [0.29, 0.717) is 11.1 Å². The fraction of sp³-hybridized carbons (Fsp3) is 0. The highest BCUT2D eigenvalue weighted by Crippen LogP contribution is 2.46. The average Bonchev–Trinajstić information content (AvgIpc) is 2.89. The zero-order valence-electron chi connectivity index (χ0n) is 12.3. The Morgan fingerprint density at radius 1 is 1.21 bits per heavy atom. The van der Waals surface area contributed by atoms with Crippen molar-refractivity contribution in [3.05, 3.63) is 64.2 Å². The van der Waals surface area contributed by atoms with Crippen LogP contribution in [0, 0.1) is 21.4 Å². The van der Waals surface area contributed by atoms with Crippen molar-refractivity contribution in [2.24, 2.45) is 0 Å². The Bertz CT molecular complexity index is 986. The molecule has 24 heavy (non-hydrogen) atoms. The second-order valence-corrected chi connectivity index (χ2v) is 4.99. The number of nitrogens with zero attached hydrogens (tertiary/aromatic N) is 2. The summed E-state index contributed by atoms with van der Waals surface area (Å²) in [6, 6.07) is 14.3. The number of aromatic hydroxyl groups is 1. The molecule has 7 heteroatoms. The van der Waals surface area contributed by atoms with Crippen molar-refractivity contribution in [1.29, 1.82) is 5.26 Å². The molecule has 0 spiro atoms. The van der Waals surface area contributed by atoms with E-state index in [4.69, 9.17) is 15.4 Å². The molecule has 0 bridgehead atoms. The summed E-state index contributed by atoms with van der Waals surface area (Å²) >= 11 is 0. The van der Waals surface area contributed by atoms with E-state index < -0.39 is 4.92 Å². The maximum Gasteiger partial charge on any atom is 0.280 e. The summed E-state index contributed by atoms with van der Waals surface area (Å²) in [7, 11) is 0. The summed E-state index contributed by atoms with van der Waals surface area (Å²) in [5.41, 5.74) is 6.83. The molecule has 118 valence electrons. The van der Waals surface area contributed by atoms with Gasteiger partial charge in [-0.05, 0) is 23.8 Å². The van der Waals surface area contributed by atoms with Crippen molar-refractivity contribution in [3.8, 4) is 34.3 Å². The van der Waals surface area contributed by atoms with Gasteiger partial charge in [0.15, 0.2) is 11.5 Å². The number of anilines is 1. The first-order chi connectivity index (χ1) is 11.5. The number of nitro benzene ring substituents is 1. The minimum atomic E-state index is -0.566. The van der Waals surface area contributed by atoms with Crippen LogP contribution in [-0.2, 0) is 0 Å². The number of para-hydroxylation sites is 1. The molecule has 1 aromatic heterocycles. The number of benzene rings is 2. The highest BCUT2D eigenvalue weighted by Gasteiger charge is 2.26. The molecule has 0 saturated heterocycles. The Balaban J connectivity index is 2.21. The topological polar surface area (TPSA) is 126 Å². The van der Waals surface area contributed by atoms with E-state index in [2.05, 4.69) is 0 Å². The summed E-state index contributed by atoms with van der Waals surface area (Å²) < 4.78 is 5.39. The quantitative estimate of drug-likeness (QED) is 0.559. The predicted molar refractivity (Wildman–Crippen MR) is 87.0 cm³/mol. The second-order valence-electron chi connectivity index (χ2n) is 4.99. The van der Waals surface area contributed by atoms with Crippen LogP contribution in [0.4, 0.5) is 11.6 Å². The summed E-state index contributed by atoms with van der Waals surface area (Å²) in [6.45, 7) is 0. The van der Waals surface area contributed by atoms with Crippen LogP contribution in [0.3, 0.4) is 0 Å². The van der Waals surface area contributed by atoms with Gasteiger partial charge in [0, 0.05) is 6.07 Å². The van der Waals surface area contributed by atoms with Crippen LogP contribution in [0.25, 0.3) is 22.5 Å². The van der Waals surface area contributed by atoms with E-state index in [-0.39, 0.29) is 34.2 Å². The van der Waals surface area contributed by atoms with E-state index in [9.17, 15) is 15.2 Å². The SMILES string of the molecule is N#Cc1cccc(-c2c(N)oc(-c3ccccc3[N+](=O)[O-])c2O)c1. The van der Waals surface area contributed by atoms with Crippen molar-refractivity contribution in [3.63, 3.8) is 0 Å². The lowest BCUT2D eigenvalue weighted by Crippen LogP contribution is -1.90. The molecule has 0 aliphatic rings. The first-order valence-corrected chi connectivity index (χ1v) is 6.88. The molecule has 3 N–H and O–H groups in total. The Hall–Kier alpha value is -3.79. The van der Waals surface area contributed by atoms with Gasteiger partial charge in [-0.15, -0.1) is 0 Å². The van der Waals surface area contributed by atoms with Gasteiger partial charge in [0.2, 0.25) is 5.88 Å². The number of nitrogen functional groups attached to an aromatic ring is 1. The Morgan fingerprint density at radius 3 is 2.67 bits per heavy atom. The highest BCUT2D eigenvalue weighted by molar-refractivity contribution is 5.88. The normalized spacial score (nSPS) is 10.3. The van der Waals surface area contributed by atoms with Gasteiger partial charge < -0.3 is 15.3 Å². The van der Waals surface area contributed by atoms with Crippen LogP contribution in [0.2, 0.25) is 0 Å². The molecule has 1 heterocycles. The van der Waals surface area contributed by atoms with Gasteiger partial charge in [-0.2, -0.15) is 5.26 Å². The molecule has 0 saturated carbocycles. The number of nitrogens with two attached hydrogens (primary N) is 1. The lowest BCUT2D eigenvalue weighted by atomic mass is 10.0. The zero-order valence-corrected chi connectivity index (χ0v) is 12.3. The molecule has 0 aliphatic heterocycles. The van der Waals surface area contributed by atoms with E-state index in [1.807, 2.05) is 6.07 Å². The van der Waals surface area contributed by atoms with Gasteiger partial charge >= 0.3 is 0 Å². The maximum atomic E-state index is 11.2. The van der Waals surface area contributed by atoms with Gasteiger partial charge in [0.05, 0.1) is 27.7 Å². The lowest BCUT2D eigenvalue weighted by Gasteiger charge is -2.02. The Kier molecular flexibility index (Phi) is 3.64. The van der Waals surface area contributed by atoms with Crippen LogP contribution < -0.4 is 5.73 Å². The van der Waals surface area contributed by atoms with Gasteiger partial charge in [-0.25, -0.2) is 0 Å². The molecule has 0 radical (unpaired) electrons. The molecule has 3 rings (SSSR count). The van der Waals surface area contributed by atoms with Gasteiger partial charge in [0.1, 0.15) is 0 Å². The second kappa shape index (κ2) is 5.78. The number of hydrogen-bond acceptors (Lipinski definition) is 6. The van der Waals surface area contributed by atoms with E-state index in [0.717, 1.165) is 0 Å². The first-order valence-electron chi connectivity index (χ1n) is 6.88. The van der Waals surface area contributed by atoms with Crippen molar-refractivity contribution in [2.75, 3.05) is 5.73 Å². The van der Waals surface area contributed by atoms with Gasteiger partial charge in [-0.3, -0.25) is 10.1 Å². The Labute approximate surface area is 136 Å². The maximum absolute atomic E-state index is 11.2. The molecule has 0 unspecified atom stereocenters.